The third-order valence-electron chi connectivity index (χ3n) is 4.83. The lowest BCUT2D eigenvalue weighted by Crippen LogP contribution is -2.42. The number of imide groups is 1. The van der Waals surface area contributed by atoms with Crippen LogP contribution in [0.3, 0.4) is 0 Å². The Labute approximate surface area is 170 Å². The monoisotopic (exact) mass is 411 g/mol. The van der Waals surface area contributed by atoms with Crippen molar-refractivity contribution in [1.29, 1.82) is 0 Å². The summed E-state index contributed by atoms with van der Waals surface area (Å²) in [6.07, 6.45) is -0.505. The van der Waals surface area contributed by atoms with E-state index >= 15 is 0 Å². The molecule has 10 nitrogen and oxygen atoms in total. The number of hydrogen-bond donors (Lipinski definition) is 1. The first kappa shape index (κ1) is 19.4. The summed E-state index contributed by atoms with van der Waals surface area (Å²) in [5.74, 6) is -0.568. The zero-order chi connectivity index (χ0) is 21.3. The predicted octanol–water partition coefficient (Wildman–Crippen LogP) is 1.54. The molecule has 1 atom stereocenters. The van der Waals surface area contributed by atoms with Crippen LogP contribution in [0.2, 0.25) is 0 Å². The van der Waals surface area contributed by atoms with Crippen LogP contribution >= 0.6 is 0 Å². The van der Waals surface area contributed by atoms with Crippen LogP contribution in [0.5, 0.6) is 11.5 Å². The van der Waals surface area contributed by atoms with Crippen molar-refractivity contribution in [3.8, 4) is 11.5 Å². The van der Waals surface area contributed by atoms with E-state index < -0.39 is 22.4 Å². The van der Waals surface area contributed by atoms with Gasteiger partial charge in [0, 0.05) is 19.0 Å². The minimum absolute atomic E-state index is 0.0268. The number of amides is 3. The summed E-state index contributed by atoms with van der Waals surface area (Å²) in [5, 5.41) is 13.8. The van der Waals surface area contributed by atoms with Crippen molar-refractivity contribution in [1.82, 2.24) is 10.2 Å². The zero-order valence-electron chi connectivity index (χ0n) is 15.7. The van der Waals surface area contributed by atoms with E-state index in [9.17, 15) is 24.5 Å². The smallest absolute Gasteiger partial charge is 0.282 e. The maximum Gasteiger partial charge on any atom is 0.282 e. The van der Waals surface area contributed by atoms with Crippen LogP contribution in [-0.4, -0.2) is 53.3 Å². The number of nitrogens with one attached hydrogen (secondary N) is 1. The standard InChI is InChI=1S/C20H17N3O7/c24-17(21-10-12-11-29-15-6-1-2-7-16(15)30-12)8-9-22-19(25)13-4-3-5-14(23(27)28)18(13)20(22)26/h1-7,12H,8-11H2,(H,21,24)/t12-/m0/s1. The van der Waals surface area contributed by atoms with Crippen LogP contribution in [0.4, 0.5) is 5.69 Å². The molecule has 0 bridgehead atoms. The molecule has 0 saturated carbocycles. The first-order valence-electron chi connectivity index (χ1n) is 9.24. The lowest BCUT2D eigenvalue weighted by molar-refractivity contribution is -0.385. The summed E-state index contributed by atoms with van der Waals surface area (Å²) in [5.41, 5.74) is -0.687. The molecule has 30 heavy (non-hydrogen) atoms. The summed E-state index contributed by atoms with van der Waals surface area (Å²) in [4.78, 5) is 48.4. The molecule has 3 amide bonds. The van der Waals surface area contributed by atoms with Gasteiger partial charge in [-0.05, 0) is 18.2 Å². The van der Waals surface area contributed by atoms with Gasteiger partial charge < -0.3 is 14.8 Å². The summed E-state index contributed by atoms with van der Waals surface area (Å²) in [6, 6.07) is 11.1. The molecular weight excluding hydrogens is 394 g/mol. The second-order valence-electron chi connectivity index (χ2n) is 6.77. The molecule has 0 aromatic heterocycles. The number of nitro groups is 1. The quantitative estimate of drug-likeness (QED) is 0.434. The first-order valence-corrected chi connectivity index (χ1v) is 9.24. The average molecular weight is 411 g/mol. The van der Waals surface area contributed by atoms with Gasteiger partial charge in [-0.1, -0.05) is 18.2 Å². The molecule has 0 fully saturated rings. The highest BCUT2D eigenvalue weighted by atomic mass is 16.6. The van der Waals surface area contributed by atoms with Crippen molar-refractivity contribution < 1.29 is 28.8 Å². The Balaban J connectivity index is 1.31. The molecule has 0 radical (unpaired) electrons. The van der Waals surface area contributed by atoms with E-state index in [0.717, 1.165) is 4.90 Å². The van der Waals surface area contributed by atoms with Crippen LogP contribution in [0, 0.1) is 10.1 Å². The maximum atomic E-state index is 12.5. The molecule has 2 aromatic rings. The minimum Gasteiger partial charge on any atom is -0.486 e. The highest BCUT2D eigenvalue weighted by Gasteiger charge is 2.40. The fraction of sp³-hybridized carbons (Fsp3) is 0.250. The van der Waals surface area contributed by atoms with Crippen LogP contribution in [0.15, 0.2) is 42.5 Å². The van der Waals surface area contributed by atoms with Gasteiger partial charge in [0.2, 0.25) is 5.91 Å². The Bertz CT molecular complexity index is 1050. The normalized spacial score (nSPS) is 16.9. The van der Waals surface area contributed by atoms with Crippen molar-refractivity contribution >= 4 is 23.4 Å². The SMILES string of the molecule is O=C(CCN1C(=O)c2cccc([N+](=O)[O-])c2C1=O)NC[C@H]1COc2ccccc2O1. The van der Waals surface area contributed by atoms with Crippen molar-refractivity contribution in [2.45, 2.75) is 12.5 Å². The maximum absolute atomic E-state index is 12.5. The molecule has 2 heterocycles. The van der Waals surface area contributed by atoms with Gasteiger partial charge in [-0.25, -0.2) is 0 Å². The Morgan fingerprint density at radius 2 is 1.90 bits per heavy atom. The van der Waals surface area contributed by atoms with Crippen LogP contribution in [0.1, 0.15) is 27.1 Å². The number of carbonyl (C=O) groups is 3. The van der Waals surface area contributed by atoms with Crippen LogP contribution in [0.25, 0.3) is 0 Å². The van der Waals surface area contributed by atoms with Gasteiger partial charge in [-0.3, -0.25) is 29.4 Å². The molecule has 0 spiro atoms. The van der Waals surface area contributed by atoms with Crippen LogP contribution in [-0.2, 0) is 4.79 Å². The molecule has 1 N–H and O–H groups in total. The Kier molecular flexibility index (Phi) is 5.05. The van der Waals surface area contributed by atoms with Crippen molar-refractivity contribution in [2.75, 3.05) is 19.7 Å². The predicted molar refractivity (Wildman–Crippen MR) is 102 cm³/mol. The van der Waals surface area contributed by atoms with Gasteiger partial charge in [0.05, 0.1) is 17.0 Å². The number of ether oxygens (including phenoxy) is 2. The Morgan fingerprint density at radius 1 is 1.13 bits per heavy atom. The second-order valence-corrected chi connectivity index (χ2v) is 6.77. The van der Waals surface area contributed by atoms with E-state index in [1.807, 2.05) is 12.1 Å². The number of nitro benzene ring substituents is 1. The van der Waals surface area contributed by atoms with Gasteiger partial charge in [0.15, 0.2) is 11.5 Å². The summed E-state index contributed by atoms with van der Waals surface area (Å²) < 4.78 is 11.3. The average Bonchev–Trinajstić information content (AvgIpc) is 3.00. The molecule has 2 aromatic carbocycles. The molecule has 154 valence electrons. The Hall–Kier alpha value is -3.95. The number of carbonyl (C=O) groups excluding carboxylic acids is 3. The van der Waals surface area contributed by atoms with E-state index in [1.165, 1.54) is 18.2 Å². The molecule has 0 aliphatic carbocycles. The van der Waals surface area contributed by atoms with Crippen LogP contribution < -0.4 is 14.8 Å². The fourth-order valence-electron chi connectivity index (χ4n) is 3.36. The van der Waals surface area contributed by atoms with Gasteiger partial charge in [0.25, 0.3) is 17.5 Å². The topological polar surface area (TPSA) is 128 Å². The fourth-order valence-corrected chi connectivity index (χ4v) is 3.36. The van der Waals surface area contributed by atoms with E-state index in [-0.39, 0.29) is 49.3 Å². The van der Waals surface area contributed by atoms with E-state index in [0.29, 0.717) is 11.5 Å². The number of rotatable bonds is 6. The molecule has 4 rings (SSSR count). The van der Waals surface area contributed by atoms with E-state index in [1.54, 1.807) is 12.1 Å². The number of fused-ring (bicyclic) bond motifs is 2. The summed E-state index contributed by atoms with van der Waals surface area (Å²) in [6.45, 7) is 0.292. The van der Waals surface area contributed by atoms with E-state index in [4.69, 9.17) is 9.47 Å². The lowest BCUT2D eigenvalue weighted by Gasteiger charge is -2.26. The number of para-hydroxylation sites is 2. The molecule has 2 aliphatic rings. The van der Waals surface area contributed by atoms with Crippen molar-refractivity contribution in [3.63, 3.8) is 0 Å². The second kappa shape index (κ2) is 7.82. The third kappa shape index (κ3) is 3.54. The molecule has 0 saturated heterocycles. The van der Waals surface area contributed by atoms with Gasteiger partial charge in [-0.2, -0.15) is 0 Å². The number of hydrogen-bond acceptors (Lipinski definition) is 7. The molecule has 10 heteroatoms. The van der Waals surface area contributed by atoms with E-state index in [2.05, 4.69) is 5.32 Å². The first-order chi connectivity index (χ1) is 14.5. The lowest BCUT2D eigenvalue weighted by atomic mass is 10.1. The largest absolute Gasteiger partial charge is 0.486 e. The third-order valence-corrected chi connectivity index (χ3v) is 4.83. The highest BCUT2D eigenvalue weighted by Crippen LogP contribution is 2.31. The summed E-state index contributed by atoms with van der Waals surface area (Å²) >= 11 is 0. The van der Waals surface area contributed by atoms with Gasteiger partial charge >= 0.3 is 0 Å². The molecular formula is C20H17N3O7. The number of benzene rings is 2. The zero-order valence-corrected chi connectivity index (χ0v) is 15.7. The van der Waals surface area contributed by atoms with Crippen molar-refractivity contribution in [2.24, 2.45) is 0 Å². The Morgan fingerprint density at radius 3 is 2.67 bits per heavy atom. The van der Waals surface area contributed by atoms with Gasteiger partial charge in [-0.15, -0.1) is 0 Å². The number of nitrogens with zero attached hydrogens (tertiary/aromatic N) is 2. The minimum atomic E-state index is -0.768. The summed E-state index contributed by atoms with van der Waals surface area (Å²) in [7, 11) is 0. The van der Waals surface area contributed by atoms with Crippen molar-refractivity contribution in [3.05, 3.63) is 63.7 Å². The van der Waals surface area contributed by atoms with Gasteiger partial charge in [0.1, 0.15) is 18.3 Å². The molecule has 2 aliphatic heterocycles. The highest BCUT2D eigenvalue weighted by molar-refractivity contribution is 6.23. The molecule has 0 unspecified atom stereocenters.